The summed E-state index contributed by atoms with van der Waals surface area (Å²) < 4.78 is 35.2. The quantitative estimate of drug-likeness (QED) is 0.0595. The number of pyridine rings is 9. The molecule has 17 aromatic heterocycles. The molecule has 5 aromatic carbocycles. The van der Waals surface area contributed by atoms with Crippen LogP contribution in [0.4, 0.5) is 0 Å². The molecule has 0 aliphatic heterocycles. The molecule has 22 aromatic rings. The Balaban J connectivity index is 0.000000121. The number of nitriles is 1. The summed E-state index contributed by atoms with van der Waals surface area (Å²) >= 11 is 0. The lowest BCUT2D eigenvalue weighted by Crippen LogP contribution is -2.13. The molecule has 0 amide bonds. The van der Waals surface area contributed by atoms with Gasteiger partial charge in [0.05, 0.1) is 127 Å². The predicted molar refractivity (Wildman–Crippen MR) is 545 cm³/mol. The monoisotopic (exact) mass is 1890 g/mol. The third-order valence-electron chi connectivity index (χ3n) is 25.2. The van der Waals surface area contributed by atoms with E-state index in [4.69, 9.17) is 52.7 Å². The third kappa shape index (κ3) is 19.5. The topological polar surface area (TPSA) is 365 Å². The van der Waals surface area contributed by atoms with Crippen molar-refractivity contribution in [2.75, 3.05) is 7.11 Å². The van der Waals surface area contributed by atoms with Crippen molar-refractivity contribution in [2.24, 2.45) is 0 Å². The number of aliphatic carboxylic acids is 1. The van der Waals surface area contributed by atoms with Crippen molar-refractivity contribution in [3.63, 3.8) is 0 Å². The summed E-state index contributed by atoms with van der Waals surface area (Å²) in [6.07, 6.45) is 21.1. The number of benzene rings is 5. The Labute approximate surface area is 821 Å². The Morgan fingerprint density at radius 1 is 0.371 bits per heavy atom. The molecule has 17 heterocycles. The first-order valence-electron chi connectivity index (χ1n) is 46.2. The van der Waals surface area contributed by atoms with Crippen molar-refractivity contribution in [3.05, 3.63) is 424 Å². The van der Waals surface area contributed by atoms with Crippen LogP contribution < -0.4 is 0 Å². The van der Waals surface area contributed by atoms with Gasteiger partial charge in [0.15, 0.2) is 0 Å². The molecule has 0 saturated carbocycles. The zero-order valence-corrected chi connectivity index (χ0v) is 79.9. The lowest BCUT2D eigenvalue weighted by atomic mass is 10.0. The van der Waals surface area contributed by atoms with Crippen molar-refractivity contribution in [1.29, 1.82) is 5.26 Å². The van der Waals surface area contributed by atoms with Gasteiger partial charge >= 0.3 is 17.9 Å². The van der Waals surface area contributed by atoms with Crippen LogP contribution in [0, 0.1) is 80.6 Å². The number of carboxylic acid groups (broad SMARTS) is 2. The minimum atomic E-state index is -0.947. The zero-order valence-electron chi connectivity index (χ0n) is 79.9. The predicted octanol–water partition coefficient (Wildman–Crippen LogP) is 23.8. The number of rotatable bonds is 22. The van der Waals surface area contributed by atoms with Gasteiger partial charge in [-0.3, -0.25) is 44.7 Å². The van der Waals surface area contributed by atoms with E-state index < -0.39 is 11.9 Å². The number of fused-ring (bicyclic) bond motifs is 4. The molecule has 28 heteroatoms. The highest BCUT2D eigenvalue weighted by molar-refractivity contribution is 6.00. The maximum absolute atomic E-state index is 11.9. The van der Waals surface area contributed by atoms with E-state index >= 15 is 0 Å². The normalized spacial score (nSPS) is 11.6. The first-order valence-corrected chi connectivity index (χ1v) is 46.2. The van der Waals surface area contributed by atoms with Crippen molar-refractivity contribution in [1.82, 2.24) is 83.8 Å². The highest BCUT2D eigenvalue weighted by atomic mass is 16.5. The van der Waals surface area contributed by atoms with Crippen LogP contribution in [0.3, 0.4) is 0 Å². The summed E-state index contributed by atoms with van der Waals surface area (Å²) in [5.41, 5.74) is 35.2. The number of aryl methyl sites for hydroxylation is 10. The molecule has 0 aliphatic carbocycles. The second-order valence-electron chi connectivity index (χ2n) is 34.8. The van der Waals surface area contributed by atoms with E-state index in [-0.39, 0.29) is 30.0 Å². The Morgan fingerprint density at radius 2 is 0.727 bits per heavy atom. The van der Waals surface area contributed by atoms with Crippen LogP contribution in [0.5, 0.6) is 0 Å². The molecule has 2 N–H and O–H groups in total. The van der Waals surface area contributed by atoms with Gasteiger partial charge in [0, 0.05) is 152 Å². The van der Waals surface area contributed by atoms with Gasteiger partial charge in [-0.1, -0.05) is 154 Å². The van der Waals surface area contributed by atoms with Crippen molar-refractivity contribution < 1.29 is 47.4 Å². The number of ether oxygens (including phenoxy) is 1. The van der Waals surface area contributed by atoms with Crippen LogP contribution in [0.15, 0.2) is 329 Å². The Hall–Kier alpha value is -18.7. The van der Waals surface area contributed by atoms with Gasteiger partial charge in [0.25, 0.3) is 0 Å². The molecule has 0 radical (unpaired) electrons. The minimum absolute atomic E-state index is 0.0170. The fourth-order valence-electron chi connectivity index (χ4n) is 18.6. The molecule has 28 nitrogen and oxygen atoms in total. The molecular weight excluding hydrogens is 1790 g/mol. The number of carbonyl (C=O) groups excluding carboxylic acids is 1. The van der Waals surface area contributed by atoms with Crippen molar-refractivity contribution >= 4 is 62.0 Å². The number of carbonyl (C=O) groups is 3. The highest BCUT2D eigenvalue weighted by Crippen LogP contribution is 2.44. The van der Waals surface area contributed by atoms with E-state index in [1.807, 2.05) is 270 Å². The Morgan fingerprint density at radius 3 is 1.07 bits per heavy atom. The molecule has 0 spiro atoms. The third-order valence-corrected chi connectivity index (χ3v) is 25.2. The molecule has 704 valence electrons. The van der Waals surface area contributed by atoms with Gasteiger partial charge < -0.3 is 51.3 Å². The number of aromatic nitrogens is 17. The van der Waals surface area contributed by atoms with E-state index in [1.54, 1.807) is 36.5 Å². The molecule has 0 bridgehead atoms. The lowest BCUT2D eigenvalue weighted by Gasteiger charge is -2.20. The number of hydrogen-bond acceptors (Lipinski definition) is 22. The van der Waals surface area contributed by atoms with Crippen LogP contribution in [-0.2, 0) is 29.0 Å². The number of hydrogen-bond donors (Lipinski definition) is 2. The summed E-state index contributed by atoms with van der Waals surface area (Å²) in [6.45, 7) is 20.5. The van der Waals surface area contributed by atoms with Gasteiger partial charge in [0.1, 0.15) is 46.9 Å². The molecule has 0 fully saturated rings. The molecule has 2 atom stereocenters. The Bertz CT molecular complexity index is 8350. The maximum Gasteiger partial charge on any atom is 0.337 e. The maximum atomic E-state index is 11.9. The van der Waals surface area contributed by atoms with E-state index in [0.29, 0.717) is 24.3 Å². The number of methoxy groups -OCH3 is 1. The van der Waals surface area contributed by atoms with Gasteiger partial charge in [-0.2, -0.15) is 5.26 Å². The molecule has 0 aliphatic rings. The fraction of sp³-hybridized carbons (Fsp3) is 0.139. The number of nitrogens with zero attached hydrogens (tertiary/aromatic N) is 18. The summed E-state index contributed by atoms with van der Waals surface area (Å²) in [5.74, 6) is 0.836. The van der Waals surface area contributed by atoms with Crippen LogP contribution in [0.2, 0.25) is 0 Å². The van der Waals surface area contributed by atoms with E-state index in [0.717, 1.165) is 230 Å². The van der Waals surface area contributed by atoms with E-state index in [1.165, 1.54) is 7.11 Å². The second kappa shape index (κ2) is 40.6. The number of aromatic carboxylic acids is 1. The van der Waals surface area contributed by atoms with Gasteiger partial charge in [-0.05, 0) is 212 Å². The van der Waals surface area contributed by atoms with Gasteiger partial charge in [-0.25, -0.2) is 14.6 Å². The van der Waals surface area contributed by atoms with Crippen LogP contribution in [0.1, 0.15) is 135 Å². The fourth-order valence-corrected chi connectivity index (χ4v) is 18.6. The summed E-state index contributed by atoms with van der Waals surface area (Å²) in [4.78, 5) is 76.9. The minimum Gasteiger partial charge on any atom is -0.481 e. The molecule has 2 unspecified atom stereocenters. The van der Waals surface area contributed by atoms with Crippen LogP contribution >= 0.6 is 0 Å². The molecule has 22 rings (SSSR count). The average Bonchev–Trinajstić information content (AvgIpc) is 1.61. The Kier molecular flexibility index (Phi) is 26.5. The van der Waals surface area contributed by atoms with Gasteiger partial charge in [0.2, 0.25) is 0 Å². The second-order valence-corrected chi connectivity index (χ2v) is 34.8. The summed E-state index contributed by atoms with van der Waals surface area (Å²) in [6, 6.07) is 80.2. The van der Waals surface area contributed by atoms with E-state index in [2.05, 4.69) is 133 Å². The van der Waals surface area contributed by atoms with Crippen molar-refractivity contribution in [3.8, 4) is 95.1 Å². The standard InChI is InChI=1S/C32H26N4O3.C30H22N6O.C27H24N4O3.C26H22N4O3/c1-20-30(21(2)39-35-20)25-17-28-31(34-18-25)26(23-13-11-22(12-14-23)16-29(37)38)19-36(28)32(24-8-4-3-5-9-24)27-10-6-7-15-33-27;1-19-28(20(2)37-35-19)23-14-27-29(34-17-23)25(22-11-12-24(15-31)33-16-22)18-36(27)30(21-8-4-3-5-9-21)26-10-6-7-13-32-26;1-16-6-5-7-22(29-16)14-31-15-23(19-8-10-20(11-9-19)27(32)33-4)26-24(31)12-21(13-28-26)25-17(2)30-34-18(25)3;1-15-5-4-6-21(28-15)13-30-14-22(18-7-9-19(10-8-18)26(31)32)25-23(30)11-20(12-27-25)24-16(2)29-33-17(24)3/h3-15,17-19,32H,16H2,1-2H3,(H,37,38);3-14,16-18,30H,1-2H3;5-13,15H,14H2,1-4H3;4-12,14H,13H2,1-3H3,(H,31,32). The number of esters is 1. The largest absolute Gasteiger partial charge is 0.481 e. The average molecular weight is 1890 g/mol. The van der Waals surface area contributed by atoms with Crippen molar-refractivity contribution in [2.45, 2.75) is 101 Å². The van der Waals surface area contributed by atoms with Crippen LogP contribution in [0.25, 0.3) is 133 Å². The smallest absolute Gasteiger partial charge is 0.337 e. The summed E-state index contributed by atoms with van der Waals surface area (Å²) in [7, 11) is 1.38. The molecular formula is C115H94N18O10. The first kappa shape index (κ1) is 93.4. The highest BCUT2D eigenvalue weighted by Gasteiger charge is 2.29. The summed E-state index contributed by atoms with van der Waals surface area (Å²) in [5, 5.41) is 44.1. The van der Waals surface area contributed by atoms with Crippen LogP contribution in [-0.4, -0.2) is 119 Å². The molecule has 143 heavy (non-hydrogen) atoms. The SMILES string of the molecule is COC(=O)c1ccc(-c2cn(Cc3cccc(C)n3)c3cc(-c4c(C)noc4C)cnc23)cc1.Cc1cccc(Cn2cc(-c3ccc(C(=O)O)cc3)c3ncc(-c4c(C)noc4C)cc32)n1.Cc1noc(C)c1-c1cnc2c(-c3ccc(C#N)nc3)cn(C(c3ccccc3)c3ccccn3)c2c1.Cc1noc(C)c1-c1cnc2c(-c3ccc(CC(=O)O)cc3)cn(C(c3ccccc3)c3ccccn3)c2c1. The van der Waals surface area contributed by atoms with Gasteiger partial charge in [-0.15, -0.1) is 0 Å². The van der Waals surface area contributed by atoms with E-state index in [9.17, 15) is 29.9 Å². The number of carboxylic acids is 2. The first-order chi connectivity index (χ1) is 69.5. The lowest BCUT2D eigenvalue weighted by molar-refractivity contribution is -0.136. The zero-order chi connectivity index (χ0) is 99.2. The molecule has 0 saturated heterocycles.